The number of nitrogens with zero attached hydrogens (tertiary/aromatic N) is 2. The molecule has 1 atom stereocenters. The third-order valence-corrected chi connectivity index (χ3v) is 6.80. The summed E-state index contributed by atoms with van der Waals surface area (Å²) in [5.41, 5.74) is 3.62. The van der Waals surface area contributed by atoms with Gasteiger partial charge in [-0.25, -0.2) is 13.1 Å². The molecule has 1 N–H and O–H groups in total. The smallest absolute Gasteiger partial charge is 0.244 e. The molecule has 1 heterocycles. The van der Waals surface area contributed by atoms with Gasteiger partial charge in [-0.1, -0.05) is 23.7 Å². The molecule has 8 heteroatoms. The molecule has 0 radical (unpaired) electrons. The van der Waals surface area contributed by atoms with Crippen molar-refractivity contribution in [1.82, 2.24) is 9.62 Å². The Bertz CT molecular complexity index is 963. The van der Waals surface area contributed by atoms with Gasteiger partial charge in [0, 0.05) is 36.9 Å². The molecule has 28 heavy (non-hydrogen) atoms. The van der Waals surface area contributed by atoms with E-state index in [1.165, 1.54) is 24.4 Å². The monoisotopic (exact) mass is 423 g/mol. The number of hydrogen-bond acceptors (Lipinski definition) is 5. The van der Waals surface area contributed by atoms with Crippen LogP contribution in [0.1, 0.15) is 17.2 Å². The van der Waals surface area contributed by atoms with Gasteiger partial charge in [-0.2, -0.15) is 0 Å². The molecule has 0 saturated heterocycles. The molecule has 0 saturated carbocycles. The third kappa shape index (κ3) is 4.27. The maximum absolute atomic E-state index is 12.9. The van der Waals surface area contributed by atoms with Crippen LogP contribution in [0.3, 0.4) is 0 Å². The predicted octanol–water partition coefficient (Wildman–Crippen LogP) is 2.92. The maximum Gasteiger partial charge on any atom is 0.244 e. The predicted molar refractivity (Wildman–Crippen MR) is 113 cm³/mol. The second-order valence-electron chi connectivity index (χ2n) is 7.19. The van der Waals surface area contributed by atoms with E-state index >= 15 is 0 Å². The lowest BCUT2D eigenvalue weighted by atomic mass is 10.0. The van der Waals surface area contributed by atoms with Crippen LogP contribution in [0, 0.1) is 0 Å². The minimum atomic E-state index is -3.78. The minimum absolute atomic E-state index is 0.0376. The summed E-state index contributed by atoms with van der Waals surface area (Å²) in [7, 11) is 3.63. The number of nitrogens with one attached hydrogen (secondary N) is 1. The fourth-order valence-electron chi connectivity index (χ4n) is 3.52. The van der Waals surface area contributed by atoms with Gasteiger partial charge in [0.2, 0.25) is 10.0 Å². The molecule has 2 aromatic rings. The van der Waals surface area contributed by atoms with Crippen molar-refractivity contribution < 1.29 is 13.2 Å². The summed E-state index contributed by atoms with van der Waals surface area (Å²) >= 11 is 5.99. The van der Waals surface area contributed by atoms with Gasteiger partial charge in [0.25, 0.3) is 0 Å². The van der Waals surface area contributed by atoms with Crippen molar-refractivity contribution in [3.63, 3.8) is 0 Å². The van der Waals surface area contributed by atoms with Gasteiger partial charge >= 0.3 is 0 Å². The molecule has 2 aromatic carbocycles. The molecule has 0 spiro atoms. The molecule has 0 aliphatic carbocycles. The second-order valence-corrected chi connectivity index (χ2v) is 9.36. The lowest BCUT2D eigenvalue weighted by Gasteiger charge is -2.26. The summed E-state index contributed by atoms with van der Waals surface area (Å²) in [4.78, 5) is 4.28. The molecule has 6 nitrogen and oxygen atoms in total. The number of hydrogen-bond donors (Lipinski definition) is 1. The fourth-order valence-corrected chi connectivity index (χ4v) is 4.99. The van der Waals surface area contributed by atoms with E-state index in [-0.39, 0.29) is 23.2 Å². The molecule has 152 valence electrons. The van der Waals surface area contributed by atoms with Gasteiger partial charge in [0.05, 0.1) is 7.11 Å². The molecule has 1 aliphatic heterocycles. The van der Waals surface area contributed by atoms with E-state index < -0.39 is 10.0 Å². The normalized spacial score (nSPS) is 15.0. The van der Waals surface area contributed by atoms with Crippen molar-refractivity contribution in [2.75, 3.05) is 46.2 Å². The summed E-state index contributed by atoms with van der Waals surface area (Å²) in [6, 6.07) is 10.8. The minimum Gasteiger partial charge on any atom is -0.495 e. The molecule has 0 fully saturated rings. The van der Waals surface area contributed by atoms with E-state index in [4.69, 9.17) is 16.3 Å². The zero-order valence-electron chi connectivity index (χ0n) is 16.6. The van der Waals surface area contributed by atoms with Gasteiger partial charge in [0.15, 0.2) is 0 Å². The van der Waals surface area contributed by atoms with Crippen molar-refractivity contribution in [3.05, 3.63) is 52.5 Å². The highest BCUT2D eigenvalue weighted by molar-refractivity contribution is 7.89. The van der Waals surface area contributed by atoms with Gasteiger partial charge in [-0.05, 0) is 55.9 Å². The summed E-state index contributed by atoms with van der Waals surface area (Å²) in [6.45, 7) is 1.24. The Labute approximate surface area is 172 Å². The number of likely N-dealkylation sites (N-methyl/N-ethyl adjacent to an activating group) is 2. The number of halogens is 1. The first-order valence-electron chi connectivity index (χ1n) is 9.06. The van der Waals surface area contributed by atoms with Gasteiger partial charge < -0.3 is 14.5 Å². The Morgan fingerprint density at radius 3 is 2.68 bits per heavy atom. The summed E-state index contributed by atoms with van der Waals surface area (Å²) in [6.07, 6.45) is 1.01. The maximum atomic E-state index is 12.9. The number of ether oxygens (including phenoxy) is 1. The SMILES string of the molecule is COc1ccc(Cl)cc1S(=O)(=O)NC[C@H](c1ccc2c(c1)CCN2C)N(C)C. The molecular formula is C20H26ClN3O3S. The second kappa shape index (κ2) is 8.29. The lowest BCUT2D eigenvalue weighted by molar-refractivity contribution is 0.299. The van der Waals surface area contributed by atoms with Crippen molar-refractivity contribution >= 4 is 27.3 Å². The van der Waals surface area contributed by atoms with Crippen LogP contribution < -0.4 is 14.4 Å². The largest absolute Gasteiger partial charge is 0.495 e. The highest BCUT2D eigenvalue weighted by Gasteiger charge is 2.24. The highest BCUT2D eigenvalue weighted by Crippen LogP contribution is 2.31. The highest BCUT2D eigenvalue weighted by atomic mass is 35.5. The molecule has 0 aromatic heterocycles. The van der Waals surface area contributed by atoms with Crippen LogP contribution in [0.2, 0.25) is 5.02 Å². The van der Waals surface area contributed by atoms with Gasteiger partial charge in [-0.3, -0.25) is 0 Å². The average Bonchev–Trinajstić information content (AvgIpc) is 3.02. The lowest BCUT2D eigenvalue weighted by Crippen LogP contribution is -2.34. The standard InChI is InChI=1S/C20H26ClN3O3S/c1-23(2)18(14-5-7-17-15(11-14)9-10-24(17)3)13-22-28(25,26)20-12-16(21)6-8-19(20)27-4/h5-8,11-12,18,22H,9-10,13H2,1-4H3/t18-/m1/s1. The Kier molecular flexibility index (Phi) is 6.19. The van der Waals surface area contributed by atoms with Crippen LogP contribution in [-0.2, 0) is 16.4 Å². The van der Waals surface area contributed by atoms with E-state index in [2.05, 4.69) is 34.9 Å². The molecule has 1 aliphatic rings. The summed E-state index contributed by atoms with van der Waals surface area (Å²) in [5.74, 6) is 0.263. The van der Waals surface area contributed by atoms with Crippen molar-refractivity contribution in [2.45, 2.75) is 17.4 Å². The van der Waals surface area contributed by atoms with Gasteiger partial charge in [-0.15, -0.1) is 0 Å². The summed E-state index contributed by atoms with van der Waals surface area (Å²) in [5, 5.41) is 0.341. The number of anilines is 1. The first-order chi connectivity index (χ1) is 13.2. The topological polar surface area (TPSA) is 61.9 Å². The Hall–Kier alpha value is -1.80. The van der Waals surface area contributed by atoms with Crippen molar-refractivity contribution in [3.8, 4) is 5.75 Å². The summed E-state index contributed by atoms with van der Waals surface area (Å²) < 4.78 is 33.7. The van der Waals surface area contributed by atoms with E-state index in [0.29, 0.717) is 5.02 Å². The van der Waals surface area contributed by atoms with Crippen LogP contribution in [0.4, 0.5) is 5.69 Å². The number of benzene rings is 2. The zero-order valence-corrected chi connectivity index (χ0v) is 18.1. The third-order valence-electron chi connectivity index (χ3n) is 5.12. The molecule has 0 bridgehead atoms. The first kappa shape index (κ1) is 20.9. The number of fused-ring (bicyclic) bond motifs is 1. The van der Waals surface area contributed by atoms with Crippen molar-refractivity contribution in [1.29, 1.82) is 0 Å². The van der Waals surface area contributed by atoms with Crippen LogP contribution in [-0.4, -0.2) is 54.7 Å². The molecular weight excluding hydrogens is 398 g/mol. The van der Waals surface area contributed by atoms with E-state index in [9.17, 15) is 8.42 Å². The Morgan fingerprint density at radius 2 is 2.00 bits per heavy atom. The van der Waals surface area contributed by atoms with E-state index in [1.807, 2.05) is 19.0 Å². The molecule has 0 amide bonds. The average molecular weight is 424 g/mol. The van der Waals surface area contributed by atoms with E-state index in [1.54, 1.807) is 12.1 Å². The van der Waals surface area contributed by atoms with Crippen LogP contribution >= 0.6 is 11.6 Å². The zero-order chi connectivity index (χ0) is 20.5. The van der Waals surface area contributed by atoms with Crippen molar-refractivity contribution in [2.24, 2.45) is 0 Å². The Morgan fingerprint density at radius 1 is 1.25 bits per heavy atom. The van der Waals surface area contributed by atoms with E-state index in [0.717, 1.165) is 18.5 Å². The van der Waals surface area contributed by atoms with Crippen LogP contribution in [0.5, 0.6) is 5.75 Å². The number of methoxy groups -OCH3 is 1. The van der Waals surface area contributed by atoms with Gasteiger partial charge in [0.1, 0.15) is 10.6 Å². The molecule has 3 rings (SSSR count). The quantitative estimate of drug-likeness (QED) is 0.741. The Balaban J connectivity index is 1.84. The number of rotatable bonds is 7. The number of sulfonamides is 1. The van der Waals surface area contributed by atoms with Crippen LogP contribution in [0.25, 0.3) is 0 Å². The first-order valence-corrected chi connectivity index (χ1v) is 10.9. The van der Waals surface area contributed by atoms with Crippen LogP contribution in [0.15, 0.2) is 41.3 Å². The molecule has 0 unspecified atom stereocenters. The fraction of sp³-hybridized carbons (Fsp3) is 0.400.